The molecule has 4 aliphatic rings. The van der Waals surface area contributed by atoms with Gasteiger partial charge in [0.15, 0.2) is 5.78 Å². The molecule has 4 aliphatic carbocycles. The lowest BCUT2D eigenvalue weighted by molar-refractivity contribution is -0.225. The Balaban J connectivity index is 1.88. The third-order valence-corrected chi connectivity index (χ3v) is 8.43. The highest BCUT2D eigenvalue weighted by molar-refractivity contribution is 6.04. The first-order valence-corrected chi connectivity index (χ1v) is 9.27. The molecule has 128 valence electrons. The maximum absolute atomic E-state index is 13.1. The Morgan fingerprint density at radius 2 is 1.78 bits per heavy atom. The normalized spacial score (nSPS) is 54.6. The van der Waals surface area contributed by atoms with Gasteiger partial charge in [-0.05, 0) is 60.3 Å². The van der Waals surface area contributed by atoms with Gasteiger partial charge in [-0.2, -0.15) is 0 Å². The average molecular weight is 318 g/mol. The van der Waals surface area contributed by atoms with Crippen molar-refractivity contribution in [3.05, 3.63) is 12.2 Å². The Morgan fingerprint density at radius 1 is 1.09 bits per heavy atom. The van der Waals surface area contributed by atoms with Crippen LogP contribution in [0.2, 0.25) is 0 Å². The van der Waals surface area contributed by atoms with Crippen molar-refractivity contribution in [3.63, 3.8) is 0 Å². The maximum Gasteiger partial charge on any atom is 0.170 e. The van der Waals surface area contributed by atoms with Crippen LogP contribution in [0.1, 0.15) is 59.3 Å². The van der Waals surface area contributed by atoms with Gasteiger partial charge >= 0.3 is 0 Å². The fraction of sp³-hybridized carbons (Fsp3) is 0.850. The fourth-order valence-corrected chi connectivity index (χ4v) is 7.43. The number of carbonyl (C=O) groups is 1. The number of carbonyl (C=O) groups excluding carboxylic acids is 1. The molecular weight excluding hydrogens is 288 g/mol. The summed E-state index contributed by atoms with van der Waals surface area (Å²) in [5.74, 6) is 0.333. The third-order valence-electron chi connectivity index (χ3n) is 8.43. The summed E-state index contributed by atoms with van der Waals surface area (Å²) in [5.41, 5.74) is -0.182. The van der Waals surface area contributed by atoms with Gasteiger partial charge in [-0.25, -0.2) is 0 Å². The van der Waals surface area contributed by atoms with E-state index >= 15 is 0 Å². The Labute approximate surface area is 139 Å². The highest BCUT2D eigenvalue weighted by atomic mass is 16.3. The van der Waals surface area contributed by atoms with E-state index in [9.17, 15) is 15.0 Å². The van der Waals surface area contributed by atoms with Gasteiger partial charge in [0.2, 0.25) is 0 Å². The highest BCUT2D eigenvalue weighted by Crippen LogP contribution is 2.70. The van der Waals surface area contributed by atoms with Gasteiger partial charge in [-0.15, -0.1) is 0 Å². The second-order valence-corrected chi connectivity index (χ2v) is 9.62. The number of hydrogen-bond acceptors (Lipinski definition) is 3. The van der Waals surface area contributed by atoms with Crippen LogP contribution in [0.3, 0.4) is 0 Å². The van der Waals surface area contributed by atoms with Gasteiger partial charge in [-0.3, -0.25) is 4.79 Å². The first-order valence-electron chi connectivity index (χ1n) is 9.27. The van der Waals surface area contributed by atoms with Crippen molar-refractivity contribution >= 4 is 5.78 Å². The van der Waals surface area contributed by atoms with Crippen molar-refractivity contribution in [3.8, 4) is 0 Å². The molecular formula is C20H30O3. The Hall–Kier alpha value is -0.670. The lowest BCUT2D eigenvalue weighted by Gasteiger charge is -2.65. The number of ketones is 1. The van der Waals surface area contributed by atoms with Crippen molar-refractivity contribution in [1.29, 1.82) is 0 Å². The van der Waals surface area contributed by atoms with Crippen LogP contribution in [0.15, 0.2) is 12.2 Å². The van der Waals surface area contributed by atoms with Gasteiger partial charge in [-0.1, -0.05) is 33.8 Å². The van der Waals surface area contributed by atoms with Gasteiger partial charge in [0.25, 0.3) is 0 Å². The molecule has 4 rings (SSSR count). The van der Waals surface area contributed by atoms with Crippen LogP contribution in [-0.2, 0) is 4.79 Å². The molecule has 4 fully saturated rings. The van der Waals surface area contributed by atoms with E-state index in [2.05, 4.69) is 27.4 Å². The number of aliphatic hydroxyl groups excluding tert-OH is 2. The molecule has 0 unspecified atom stereocenters. The van der Waals surface area contributed by atoms with Crippen LogP contribution in [0.5, 0.6) is 0 Å². The second-order valence-electron chi connectivity index (χ2n) is 9.62. The first kappa shape index (κ1) is 15.8. The molecule has 0 saturated heterocycles. The zero-order valence-corrected chi connectivity index (χ0v) is 14.6. The van der Waals surface area contributed by atoms with Crippen molar-refractivity contribution < 1.29 is 15.0 Å². The van der Waals surface area contributed by atoms with Gasteiger partial charge in [0.1, 0.15) is 0 Å². The second kappa shape index (κ2) is 4.49. The molecule has 0 aliphatic heterocycles. The molecule has 0 aromatic heterocycles. The van der Waals surface area contributed by atoms with E-state index in [1.54, 1.807) is 0 Å². The van der Waals surface area contributed by atoms with E-state index < -0.39 is 17.6 Å². The minimum absolute atomic E-state index is 0.0342. The maximum atomic E-state index is 13.1. The molecule has 7 atom stereocenters. The third kappa shape index (κ3) is 1.61. The van der Waals surface area contributed by atoms with Crippen molar-refractivity contribution in [2.45, 2.75) is 71.5 Å². The number of Topliss-reactive ketones (excluding diaryl/α,β-unsaturated/α-hetero) is 1. The minimum Gasteiger partial charge on any atom is -0.392 e. The van der Waals surface area contributed by atoms with E-state index in [4.69, 9.17) is 0 Å². The largest absolute Gasteiger partial charge is 0.392 e. The quantitative estimate of drug-likeness (QED) is 0.675. The molecule has 0 aromatic carbocycles. The summed E-state index contributed by atoms with van der Waals surface area (Å²) in [4.78, 5) is 13.1. The van der Waals surface area contributed by atoms with Gasteiger partial charge in [0, 0.05) is 5.92 Å². The topological polar surface area (TPSA) is 57.5 Å². The molecule has 23 heavy (non-hydrogen) atoms. The molecule has 2 N–H and O–H groups in total. The van der Waals surface area contributed by atoms with E-state index in [1.165, 1.54) is 12.8 Å². The lowest BCUT2D eigenvalue weighted by atomic mass is 9.40. The van der Waals surface area contributed by atoms with Crippen molar-refractivity contribution in [1.82, 2.24) is 0 Å². The van der Waals surface area contributed by atoms with Crippen LogP contribution in [0.25, 0.3) is 0 Å². The summed E-state index contributed by atoms with van der Waals surface area (Å²) in [6, 6.07) is 0. The molecule has 3 heteroatoms. The standard InChI is InChI=1S/C20H30O3/c1-11-12-6-7-13-19(4)9-5-8-18(2,3)14(19)10-15(21)20(13,16(11)22)17(12)23/h12-15,17,21,23H,1,5-10H2,2-4H3/t12-,13+,14+,15+,17+,19-,20-/m0/s1. The van der Waals surface area contributed by atoms with E-state index in [0.29, 0.717) is 17.9 Å². The Bertz CT molecular complexity index is 579. The molecule has 3 nitrogen and oxygen atoms in total. The number of aliphatic hydroxyl groups is 2. The van der Waals surface area contributed by atoms with Crippen LogP contribution in [-0.4, -0.2) is 28.2 Å². The van der Waals surface area contributed by atoms with E-state index in [-0.39, 0.29) is 28.4 Å². The molecule has 0 aromatic rings. The van der Waals surface area contributed by atoms with Crippen LogP contribution in [0.4, 0.5) is 0 Å². The van der Waals surface area contributed by atoms with Crippen LogP contribution in [0, 0.1) is 34.0 Å². The van der Waals surface area contributed by atoms with E-state index in [1.807, 2.05) is 0 Å². The number of rotatable bonds is 0. The fourth-order valence-electron chi connectivity index (χ4n) is 7.43. The Kier molecular flexibility index (Phi) is 3.09. The predicted molar refractivity (Wildman–Crippen MR) is 88.7 cm³/mol. The molecule has 1 spiro atoms. The molecule has 2 bridgehead atoms. The summed E-state index contributed by atoms with van der Waals surface area (Å²) in [6.45, 7) is 10.9. The molecule has 0 amide bonds. The summed E-state index contributed by atoms with van der Waals surface area (Å²) >= 11 is 0. The molecule has 0 heterocycles. The summed E-state index contributed by atoms with van der Waals surface area (Å²) < 4.78 is 0. The molecule has 4 saturated carbocycles. The lowest BCUT2D eigenvalue weighted by Crippen LogP contribution is -2.66. The zero-order chi connectivity index (χ0) is 16.8. The van der Waals surface area contributed by atoms with Gasteiger partial charge < -0.3 is 10.2 Å². The highest BCUT2D eigenvalue weighted by Gasteiger charge is 2.73. The minimum atomic E-state index is -0.974. The monoisotopic (exact) mass is 318 g/mol. The van der Waals surface area contributed by atoms with Crippen molar-refractivity contribution in [2.24, 2.45) is 34.0 Å². The SMILES string of the molecule is C=C1C(=O)[C@@]23[C@H](O)C[C@@H]4C(C)(C)CCC[C@@]4(C)[C@H]2CC[C@@H]1[C@H]3O. The zero-order valence-electron chi connectivity index (χ0n) is 14.6. The summed E-state index contributed by atoms with van der Waals surface area (Å²) in [6.07, 6.45) is 4.43. The van der Waals surface area contributed by atoms with Crippen LogP contribution < -0.4 is 0 Å². The van der Waals surface area contributed by atoms with Gasteiger partial charge in [0.05, 0.1) is 17.6 Å². The van der Waals surface area contributed by atoms with Crippen molar-refractivity contribution in [2.75, 3.05) is 0 Å². The van der Waals surface area contributed by atoms with Crippen LogP contribution >= 0.6 is 0 Å². The smallest absolute Gasteiger partial charge is 0.170 e. The first-order chi connectivity index (χ1) is 10.7. The van der Waals surface area contributed by atoms with E-state index in [0.717, 1.165) is 19.3 Å². The predicted octanol–water partition coefficient (Wildman–Crippen LogP) is 3.10. The summed E-state index contributed by atoms with van der Waals surface area (Å²) in [5, 5.41) is 22.1. The number of fused-ring (bicyclic) bond motifs is 3. The summed E-state index contributed by atoms with van der Waals surface area (Å²) in [7, 11) is 0. The molecule has 0 radical (unpaired) electrons. The number of hydrogen-bond donors (Lipinski definition) is 2. The average Bonchev–Trinajstić information content (AvgIpc) is 2.58. The Morgan fingerprint density at radius 3 is 2.48 bits per heavy atom.